The molecule has 8 nitrogen and oxygen atoms in total. The molecule has 0 radical (unpaired) electrons. The van der Waals surface area contributed by atoms with Crippen molar-refractivity contribution in [1.82, 2.24) is 29.4 Å². The highest BCUT2D eigenvalue weighted by Crippen LogP contribution is 2.49. The highest BCUT2D eigenvalue weighted by atomic mass is 16.5. The van der Waals surface area contributed by atoms with Crippen LogP contribution in [0.5, 0.6) is 0 Å². The van der Waals surface area contributed by atoms with Gasteiger partial charge in [0, 0.05) is 68.7 Å². The van der Waals surface area contributed by atoms with Gasteiger partial charge in [0.15, 0.2) is 5.65 Å². The van der Waals surface area contributed by atoms with E-state index in [9.17, 15) is 0 Å². The summed E-state index contributed by atoms with van der Waals surface area (Å²) < 4.78 is 9.98. The second-order valence-corrected chi connectivity index (χ2v) is 12.1. The van der Waals surface area contributed by atoms with Gasteiger partial charge in [-0.2, -0.15) is 10.2 Å². The third-order valence-electron chi connectivity index (χ3n) is 10.1. The van der Waals surface area contributed by atoms with Crippen LogP contribution in [0.3, 0.4) is 0 Å². The van der Waals surface area contributed by atoms with E-state index in [2.05, 4.69) is 39.5 Å². The van der Waals surface area contributed by atoms with E-state index in [1.165, 1.54) is 61.2 Å². The number of anilines is 1. The molecule has 3 unspecified atom stereocenters. The lowest BCUT2D eigenvalue weighted by Gasteiger charge is -2.55. The first kappa shape index (κ1) is 23.7. The minimum absolute atomic E-state index is 0.448. The zero-order valence-electron chi connectivity index (χ0n) is 22.7. The van der Waals surface area contributed by atoms with Crippen molar-refractivity contribution in [2.24, 2.45) is 18.9 Å². The third-order valence-corrected chi connectivity index (χ3v) is 10.1. The molecule has 1 saturated heterocycles. The van der Waals surface area contributed by atoms with Crippen LogP contribution in [0.1, 0.15) is 61.2 Å². The number of nitrogens with zero attached hydrogens (tertiary/aromatic N) is 7. The van der Waals surface area contributed by atoms with Crippen LogP contribution in [0, 0.1) is 25.7 Å². The molecule has 3 atom stereocenters. The van der Waals surface area contributed by atoms with Gasteiger partial charge in [-0.25, -0.2) is 4.98 Å². The van der Waals surface area contributed by atoms with Crippen molar-refractivity contribution in [3.63, 3.8) is 0 Å². The fraction of sp³-hybridized carbons (Fsp3) is 0.690. The topological polar surface area (TPSA) is 64.2 Å². The van der Waals surface area contributed by atoms with Gasteiger partial charge in [0.25, 0.3) is 0 Å². The number of morpholine rings is 1. The molecule has 0 spiro atoms. The summed E-state index contributed by atoms with van der Waals surface area (Å²) in [5, 5.41) is 10.8. The van der Waals surface area contributed by atoms with Gasteiger partial charge < -0.3 is 9.64 Å². The van der Waals surface area contributed by atoms with Crippen molar-refractivity contribution >= 4 is 16.7 Å². The molecule has 3 aromatic rings. The van der Waals surface area contributed by atoms with Crippen LogP contribution >= 0.6 is 0 Å². The van der Waals surface area contributed by atoms with Crippen LogP contribution in [-0.2, 0) is 31.3 Å². The van der Waals surface area contributed by atoms with E-state index in [1.54, 1.807) is 0 Å². The quantitative estimate of drug-likeness (QED) is 0.536. The van der Waals surface area contributed by atoms with E-state index in [0.717, 1.165) is 80.9 Å². The second kappa shape index (κ2) is 9.09. The molecule has 2 aliphatic carbocycles. The van der Waals surface area contributed by atoms with Crippen molar-refractivity contribution in [2.75, 3.05) is 37.7 Å². The predicted molar refractivity (Wildman–Crippen MR) is 145 cm³/mol. The Morgan fingerprint density at radius 1 is 1.11 bits per heavy atom. The van der Waals surface area contributed by atoms with Crippen LogP contribution < -0.4 is 4.90 Å². The van der Waals surface area contributed by atoms with Gasteiger partial charge in [-0.3, -0.25) is 14.3 Å². The molecule has 4 aliphatic rings. The molecule has 37 heavy (non-hydrogen) atoms. The van der Waals surface area contributed by atoms with Crippen LogP contribution in [0.4, 0.5) is 5.69 Å². The second-order valence-electron chi connectivity index (χ2n) is 12.1. The lowest BCUT2D eigenvalue weighted by atomic mass is 9.62. The summed E-state index contributed by atoms with van der Waals surface area (Å²) in [5.41, 5.74) is 7.82. The monoisotopic (exact) mass is 503 g/mol. The van der Waals surface area contributed by atoms with E-state index in [-0.39, 0.29) is 0 Å². The summed E-state index contributed by atoms with van der Waals surface area (Å²) in [5.74, 6) is 1.60. The molecule has 3 aromatic heterocycles. The summed E-state index contributed by atoms with van der Waals surface area (Å²) in [6, 6.07) is 2.22. The number of rotatable bonds is 4. The highest BCUT2D eigenvalue weighted by Gasteiger charge is 2.47. The fourth-order valence-electron chi connectivity index (χ4n) is 8.15. The molecule has 2 bridgehead atoms. The number of aromatic nitrogens is 5. The number of pyridine rings is 1. The Labute approximate surface area is 220 Å². The predicted octanol–water partition coefficient (Wildman–Crippen LogP) is 4.02. The van der Waals surface area contributed by atoms with E-state index >= 15 is 0 Å². The van der Waals surface area contributed by atoms with Crippen molar-refractivity contribution in [3.05, 3.63) is 34.9 Å². The van der Waals surface area contributed by atoms with Gasteiger partial charge >= 0.3 is 0 Å². The molecule has 5 heterocycles. The molecule has 2 saturated carbocycles. The molecule has 0 N–H and O–H groups in total. The van der Waals surface area contributed by atoms with E-state index in [1.807, 2.05) is 17.9 Å². The Hall–Kier alpha value is -2.45. The molecule has 0 aromatic carbocycles. The zero-order valence-corrected chi connectivity index (χ0v) is 22.7. The first-order chi connectivity index (χ1) is 18.0. The summed E-state index contributed by atoms with van der Waals surface area (Å²) in [7, 11) is 1.98. The van der Waals surface area contributed by atoms with Crippen LogP contribution in [-0.4, -0.2) is 67.8 Å². The maximum atomic E-state index is 5.68. The minimum atomic E-state index is 0.448. The van der Waals surface area contributed by atoms with Gasteiger partial charge in [-0.15, -0.1) is 0 Å². The molecule has 7 rings (SSSR count). The first-order valence-electron chi connectivity index (χ1n) is 14.4. The van der Waals surface area contributed by atoms with E-state index in [0.29, 0.717) is 5.54 Å². The molecule has 2 aliphatic heterocycles. The molecular weight excluding hydrogens is 462 g/mol. The standard InChI is InChI=1S/C29H41N7O/c1-20-15-27(24-17-30-33(3)28(24)31-20)34-10-7-26-25(19-34)21(2)32-36(26)18-23-6-9-29(8-4-5-22(23)16-29)35-11-13-37-14-12-35/h15,17,22-23H,4-14,16,18-19H2,1-3H3. The summed E-state index contributed by atoms with van der Waals surface area (Å²) in [4.78, 5) is 10.0. The SMILES string of the molecule is Cc1cc(N2CCc3c(c(C)nn3CC3CCC4(N5CCOCC5)CCCC3C4)C2)c2cnn(C)c2n1. The molecule has 0 amide bonds. The zero-order chi connectivity index (χ0) is 25.1. The molecular formula is C29H41N7O. The lowest BCUT2D eigenvalue weighted by molar-refractivity contribution is -0.0763. The number of hydrogen-bond acceptors (Lipinski definition) is 6. The first-order valence-corrected chi connectivity index (χ1v) is 14.4. The van der Waals surface area contributed by atoms with Gasteiger partial charge in [0.1, 0.15) is 0 Å². The maximum absolute atomic E-state index is 5.68. The summed E-state index contributed by atoms with van der Waals surface area (Å²) >= 11 is 0. The Morgan fingerprint density at radius 3 is 2.84 bits per heavy atom. The van der Waals surface area contributed by atoms with E-state index in [4.69, 9.17) is 14.8 Å². The van der Waals surface area contributed by atoms with Gasteiger partial charge in [-0.05, 0) is 63.9 Å². The molecule has 198 valence electrons. The Balaban J connectivity index is 1.10. The average Bonchev–Trinajstić information content (AvgIpc) is 3.45. The highest BCUT2D eigenvalue weighted by molar-refractivity contribution is 5.89. The summed E-state index contributed by atoms with van der Waals surface area (Å²) in [6.45, 7) is 11.4. The van der Waals surface area contributed by atoms with Gasteiger partial charge in [-0.1, -0.05) is 6.42 Å². The number of fused-ring (bicyclic) bond motifs is 4. The number of ether oxygens (including phenoxy) is 1. The van der Waals surface area contributed by atoms with Crippen molar-refractivity contribution in [1.29, 1.82) is 0 Å². The lowest BCUT2D eigenvalue weighted by Crippen LogP contribution is -2.58. The normalized spacial score (nSPS) is 28.6. The third kappa shape index (κ3) is 3.98. The van der Waals surface area contributed by atoms with Gasteiger partial charge in [0.2, 0.25) is 0 Å². The van der Waals surface area contributed by atoms with Crippen LogP contribution in [0.2, 0.25) is 0 Å². The van der Waals surface area contributed by atoms with Crippen molar-refractivity contribution < 1.29 is 4.74 Å². The Morgan fingerprint density at radius 2 is 1.97 bits per heavy atom. The Bertz CT molecular complexity index is 1310. The molecule has 3 fully saturated rings. The van der Waals surface area contributed by atoms with Crippen molar-refractivity contribution in [3.8, 4) is 0 Å². The largest absolute Gasteiger partial charge is 0.379 e. The molecule has 8 heteroatoms. The maximum Gasteiger partial charge on any atom is 0.159 e. The smallest absolute Gasteiger partial charge is 0.159 e. The summed E-state index contributed by atoms with van der Waals surface area (Å²) in [6.07, 6.45) is 11.3. The fourth-order valence-corrected chi connectivity index (χ4v) is 8.15. The minimum Gasteiger partial charge on any atom is -0.379 e. The van der Waals surface area contributed by atoms with E-state index < -0.39 is 0 Å². The average molecular weight is 504 g/mol. The number of hydrogen-bond donors (Lipinski definition) is 0. The van der Waals surface area contributed by atoms with Crippen LogP contribution in [0.25, 0.3) is 11.0 Å². The van der Waals surface area contributed by atoms with Crippen molar-refractivity contribution in [2.45, 2.75) is 77.4 Å². The number of aryl methyl sites for hydroxylation is 3. The van der Waals surface area contributed by atoms with Crippen LogP contribution in [0.15, 0.2) is 12.3 Å². The van der Waals surface area contributed by atoms with Gasteiger partial charge in [0.05, 0.1) is 36.2 Å². The Kier molecular flexibility index (Phi) is 5.81.